The quantitative estimate of drug-likeness (QED) is 0.316. The fourth-order valence-corrected chi connectivity index (χ4v) is 9.32. The Labute approximate surface area is 161 Å². The Morgan fingerprint density at radius 3 is 2.50 bits per heavy atom. The Balaban J connectivity index is 1.35. The summed E-state index contributed by atoms with van der Waals surface area (Å²) in [5.41, 5.74) is 3.72. The number of benzene rings is 1. The Kier molecular flexibility index (Phi) is 2.78. The molecule has 0 aromatic heterocycles. The third kappa shape index (κ3) is 1.55. The lowest BCUT2D eigenvalue weighted by molar-refractivity contribution is -0.393. The van der Waals surface area contributed by atoms with E-state index < -0.39 is 9.85 Å². The molecule has 6 bridgehead atoms. The highest BCUT2D eigenvalue weighted by Gasteiger charge is 2.82. The Bertz CT molecular complexity index is 918. The number of non-ortho nitro benzene ring substituents is 1. The minimum atomic E-state index is -0.626. The number of nitrogens with zero attached hydrogens (tertiary/aromatic N) is 3. The van der Waals surface area contributed by atoms with Gasteiger partial charge in [-0.2, -0.15) is 5.10 Å². The average molecular weight is 466 g/mol. The van der Waals surface area contributed by atoms with Crippen molar-refractivity contribution in [3.8, 4) is 0 Å². The van der Waals surface area contributed by atoms with Crippen molar-refractivity contribution in [2.75, 3.05) is 5.43 Å². The van der Waals surface area contributed by atoms with E-state index in [-0.39, 0.29) is 17.1 Å². The number of nitrogens with one attached hydrogen (secondary N) is 1. The number of hydrogen-bond acceptors (Lipinski definition) is 6. The second kappa shape index (κ2) is 4.73. The number of anilines is 1. The molecular weight excluding hydrogens is 451 g/mol. The van der Waals surface area contributed by atoms with E-state index in [0.29, 0.717) is 11.8 Å². The van der Waals surface area contributed by atoms with Crippen molar-refractivity contribution in [3.63, 3.8) is 0 Å². The molecule has 6 aliphatic carbocycles. The summed E-state index contributed by atoms with van der Waals surface area (Å²) >= 11 is 2.65. The largest absolute Gasteiger partial charge is 0.301 e. The highest BCUT2D eigenvalue weighted by atomic mass is 127. The van der Waals surface area contributed by atoms with Crippen LogP contribution in [0.25, 0.3) is 0 Å². The molecule has 0 radical (unpaired) electrons. The van der Waals surface area contributed by atoms with Crippen molar-refractivity contribution in [3.05, 3.63) is 38.4 Å². The van der Waals surface area contributed by atoms with Gasteiger partial charge in [-0.3, -0.25) is 25.7 Å². The van der Waals surface area contributed by atoms with E-state index in [2.05, 4.69) is 33.1 Å². The number of alkyl halides is 1. The van der Waals surface area contributed by atoms with Crippen LogP contribution in [0.3, 0.4) is 0 Å². The maximum atomic E-state index is 11.3. The Hall–Kier alpha value is -1.78. The summed E-state index contributed by atoms with van der Waals surface area (Å²) in [6.07, 6.45) is 1.34. The first-order valence-electron chi connectivity index (χ1n) is 8.89. The van der Waals surface area contributed by atoms with Gasteiger partial charge < -0.3 is 0 Å². The van der Waals surface area contributed by atoms with E-state index in [0.717, 1.165) is 45.5 Å². The molecule has 0 aliphatic heterocycles. The monoisotopic (exact) mass is 466 g/mol. The lowest BCUT2D eigenvalue weighted by Gasteiger charge is -2.32. The first-order valence-corrected chi connectivity index (χ1v) is 10.1. The molecule has 9 atom stereocenters. The van der Waals surface area contributed by atoms with Gasteiger partial charge in [0.1, 0.15) is 5.69 Å². The number of rotatable bonds is 4. The fourth-order valence-electron chi connectivity index (χ4n) is 7.38. The molecule has 0 heterocycles. The van der Waals surface area contributed by atoms with Crippen LogP contribution in [0, 0.1) is 67.6 Å². The van der Waals surface area contributed by atoms with Crippen LogP contribution in [0.4, 0.5) is 17.1 Å². The maximum Gasteiger partial charge on any atom is 0.301 e. The van der Waals surface area contributed by atoms with Crippen LogP contribution in [0.15, 0.2) is 23.3 Å². The molecule has 6 fully saturated rings. The molecule has 0 unspecified atom stereocenters. The zero-order valence-electron chi connectivity index (χ0n) is 13.5. The summed E-state index contributed by atoms with van der Waals surface area (Å²) < 4.78 is 0.758. The molecule has 0 amide bonds. The van der Waals surface area contributed by atoms with Gasteiger partial charge in [-0.05, 0) is 48.0 Å². The van der Waals surface area contributed by atoms with Crippen LogP contribution in [-0.4, -0.2) is 19.5 Å². The van der Waals surface area contributed by atoms with E-state index in [1.54, 1.807) is 0 Å². The number of halogens is 1. The second-order valence-electron chi connectivity index (χ2n) is 8.23. The first kappa shape index (κ1) is 15.3. The summed E-state index contributed by atoms with van der Waals surface area (Å²) in [5.74, 6) is 5.89. The van der Waals surface area contributed by atoms with Crippen molar-refractivity contribution in [1.29, 1.82) is 0 Å². The predicted molar refractivity (Wildman–Crippen MR) is 101 cm³/mol. The number of nitro benzene ring substituents is 2. The molecule has 6 saturated carbocycles. The fraction of sp³-hybridized carbons (Fsp3) is 0.588. The van der Waals surface area contributed by atoms with E-state index in [4.69, 9.17) is 0 Å². The number of hydrazone groups is 1. The lowest BCUT2D eigenvalue weighted by Crippen LogP contribution is -2.30. The standard InChI is InChI=1S/C17H15IN4O4/c18-16-12-6-4-7-10(12)15-14(16)11(6)13(7)17(15)20-19-8-2-1-5(21(23)24)3-9(8)22(25)26/h1-3,6-7,10-16,19H,4H2/b20-17+/t6-,7-,10+,11+,12-,13+,14-,15+,16+/m1/s1. The molecule has 134 valence electrons. The van der Waals surface area contributed by atoms with Gasteiger partial charge in [0, 0.05) is 27.5 Å². The van der Waals surface area contributed by atoms with E-state index in [1.165, 1.54) is 24.3 Å². The summed E-state index contributed by atoms with van der Waals surface area (Å²) in [4.78, 5) is 20.9. The molecule has 1 aromatic rings. The highest BCUT2D eigenvalue weighted by Crippen LogP contribution is 2.82. The van der Waals surface area contributed by atoms with Gasteiger partial charge in [0.25, 0.3) is 5.69 Å². The third-order valence-electron chi connectivity index (χ3n) is 7.73. The third-order valence-corrected chi connectivity index (χ3v) is 9.40. The summed E-state index contributed by atoms with van der Waals surface area (Å²) in [5, 5.41) is 26.8. The smallest absolute Gasteiger partial charge is 0.272 e. The van der Waals surface area contributed by atoms with Gasteiger partial charge in [-0.1, -0.05) is 22.6 Å². The van der Waals surface area contributed by atoms with Crippen LogP contribution in [0.5, 0.6) is 0 Å². The molecule has 0 saturated heterocycles. The van der Waals surface area contributed by atoms with Crippen molar-refractivity contribution >= 4 is 45.4 Å². The van der Waals surface area contributed by atoms with Crippen molar-refractivity contribution in [2.24, 2.45) is 52.4 Å². The van der Waals surface area contributed by atoms with E-state index >= 15 is 0 Å². The average Bonchev–Trinajstić information content (AvgIpc) is 3.35. The van der Waals surface area contributed by atoms with Crippen molar-refractivity contribution in [1.82, 2.24) is 0 Å². The van der Waals surface area contributed by atoms with Gasteiger partial charge in [0.05, 0.1) is 15.9 Å². The van der Waals surface area contributed by atoms with Crippen LogP contribution in [0.2, 0.25) is 0 Å². The summed E-state index contributed by atoms with van der Waals surface area (Å²) in [6, 6.07) is 3.65. The normalized spacial score (nSPS) is 46.8. The van der Waals surface area contributed by atoms with Crippen molar-refractivity contribution < 1.29 is 9.85 Å². The zero-order valence-corrected chi connectivity index (χ0v) is 15.6. The molecule has 8 nitrogen and oxygen atoms in total. The predicted octanol–water partition coefficient (Wildman–Crippen LogP) is 3.46. The van der Waals surface area contributed by atoms with E-state index in [1.807, 2.05) is 0 Å². The second-order valence-corrected chi connectivity index (χ2v) is 9.67. The molecule has 7 rings (SSSR count). The van der Waals surface area contributed by atoms with E-state index in [9.17, 15) is 20.2 Å². The molecule has 1 aromatic carbocycles. The minimum Gasteiger partial charge on any atom is -0.272 e. The maximum absolute atomic E-state index is 11.3. The Morgan fingerprint density at radius 2 is 1.81 bits per heavy atom. The molecule has 0 spiro atoms. The number of hydrogen-bond donors (Lipinski definition) is 1. The molecule has 26 heavy (non-hydrogen) atoms. The zero-order chi connectivity index (χ0) is 17.9. The Morgan fingerprint density at radius 1 is 1.04 bits per heavy atom. The summed E-state index contributed by atoms with van der Waals surface area (Å²) in [6.45, 7) is 0. The topological polar surface area (TPSA) is 111 Å². The van der Waals surface area contributed by atoms with Gasteiger partial charge in [0.15, 0.2) is 0 Å². The van der Waals surface area contributed by atoms with Crippen LogP contribution >= 0.6 is 22.6 Å². The van der Waals surface area contributed by atoms with Gasteiger partial charge in [-0.15, -0.1) is 0 Å². The first-order chi connectivity index (χ1) is 12.5. The van der Waals surface area contributed by atoms with Crippen LogP contribution in [0.1, 0.15) is 6.42 Å². The molecular formula is C17H15IN4O4. The van der Waals surface area contributed by atoms with Crippen LogP contribution < -0.4 is 5.43 Å². The summed E-state index contributed by atoms with van der Waals surface area (Å²) in [7, 11) is 0. The molecule has 1 N–H and O–H groups in total. The SMILES string of the molecule is O=[N+]([O-])c1ccc(N/N=C2/[C@H]3[C@H]4[C@H]5C[C@H]6[C@H]4[C@H](I)[C@@H]3[C@@H]6[C@@H]25)c([N+](=O)[O-])c1. The van der Waals surface area contributed by atoms with Crippen LogP contribution in [-0.2, 0) is 0 Å². The number of nitro groups is 2. The van der Waals surface area contributed by atoms with Gasteiger partial charge in [0.2, 0.25) is 0 Å². The molecule has 6 aliphatic rings. The minimum absolute atomic E-state index is 0.220. The lowest BCUT2D eigenvalue weighted by atomic mass is 9.71. The van der Waals surface area contributed by atoms with Gasteiger partial charge in [-0.25, -0.2) is 0 Å². The molecule has 9 heteroatoms. The van der Waals surface area contributed by atoms with Gasteiger partial charge >= 0.3 is 5.69 Å². The van der Waals surface area contributed by atoms with Crippen molar-refractivity contribution in [2.45, 2.75) is 10.3 Å². The highest BCUT2D eigenvalue weighted by molar-refractivity contribution is 14.1.